The Kier molecular flexibility index (Phi) is 5.98. The second-order valence-electron chi connectivity index (χ2n) is 4.95. The summed E-state index contributed by atoms with van der Waals surface area (Å²) in [5.41, 5.74) is 0.691. The van der Waals surface area contributed by atoms with Gasteiger partial charge in [0.05, 0.1) is 8.42 Å². The molecule has 1 aliphatic rings. The van der Waals surface area contributed by atoms with Crippen LogP contribution in [-0.2, 0) is 9.59 Å². The van der Waals surface area contributed by atoms with Crippen molar-refractivity contribution >= 4 is 76.0 Å². The third kappa shape index (κ3) is 4.82. The van der Waals surface area contributed by atoms with Crippen LogP contribution in [-0.4, -0.2) is 22.9 Å². The van der Waals surface area contributed by atoms with Gasteiger partial charge in [0.2, 0.25) is 5.91 Å². The molecule has 0 radical (unpaired) electrons. The predicted molar refractivity (Wildman–Crippen MR) is 104 cm³/mol. The summed E-state index contributed by atoms with van der Waals surface area (Å²) in [7, 11) is 0. The first-order valence-corrected chi connectivity index (χ1v) is 10.9. The Bertz CT molecular complexity index is 811. The second-order valence-corrected chi connectivity index (χ2v) is 11.0. The van der Waals surface area contributed by atoms with Gasteiger partial charge in [-0.1, -0.05) is 12.2 Å². The molecule has 0 fully saturated rings. The molecule has 1 atom stereocenters. The Labute approximate surface area is 161 Å². The molecule has 3 rings (SSSR count). The maximum Gasteiger partial charge on any atom is 0.308 e. The van der Waals surface area contributed by atoms with Crippen LogP contribution in [0.1, 0.15) is 13.3 Å². The number of carbonyl (C=O) groups excluding carboxylic acids is 2. The van der Waals surface area contributed by atoms with Gasteiger partial charge in [-0.15, -0.1) is 46.2 Å². The fourth-order valence-corrected chi connectivity index (χ4v) is 8.70. The minimum absolute atomic E-state index is 0.0180. The zero-order chi connectivity index (χ0) is 17.1. The van der Waals surface area contributed by atoms with Crippen LogP contribution < -0.4 is 10.1 Å². The summed E-state index contributed by atoms with van der Waals surface area (Å²) in [5.74, 6) is 0.995. The van der Waals surface area contributed by atoms with E-state index in [2.05, 4.69) is 5.32 Å². The fourth-order valence-electron chi connectivity index (χ4n) is 2.06. The molecule has 4 nitrogen and oxygen atoms in total. The molecule has 0 aliphatic carbocycles. The average molecular weight is 416 g/mol. The fraction of sp³-hybridized carbons (Fsp3) is 0.267. The molecular formula is C15H13NO3S5. The smallest absolute Gasteiger partial charge is 0.308 e. The van der Waals surface area contributed by atoms with Crippen LogP contribution in [0.2, 0.25) is 0 Å². The summed E-state index contributed by atoms with van der Waals surface area (Å²) < 4.78 is 8.43. The first-order chi connectivity index (χ1) is 11.5. The largest absolute Gasteiger partial charge is 0.427 e. The third-order valence-corrected chi connectivity index (χ3v) is 9.11. The Balaban J connectivity index is 1.54. The van der Waals surface area contributed by atoms with Crippen molar-refractivity contribution in [2.75, 3.05) is 11.1 Å². The van der Waals surface area contributed by atoms with Gasteiger partial charge in [-0.3, -0.25) is 9.59 Å². The van der Waals surface area contributed by atoms with Gasteiger partial charge in [0, 0.05) is 30.0 Å². The molecule has 2 heterocycles. The molecule has 24 heavy (non-hydrogen) atoms. The van der Waals surface area contributed by atoms with Crippen molar-refractivity contribution in [3.63, 3.8) is 0 Å². The molecule has 0 saturated heterocycles. The van der Waals surface area contributed by atoms with Crippen LogP contribution in [0.15, 0.2) is 32.7 Å². The second kappa shape index (κ2) is 8.01. The zero-order valence-corrected chi connectivity index (χ0v) is 16.6. The number of hydrogen-bond donors (Lipinski definition) is 1. The average Bonchev–Trinajstić information content (AvgIpc) is 2.88. The normalized spacial score (nSPS) is 16.3. The van der Waals surface area contributed by atoms with Crippen LogP contribution in [0.25, 0.3) is 0 Å². The number of rotatable bonds is 4. The van der Waals surface area contributed by atoms with E-state index in [9.17, 15) is 9.59 Å². The van der Waals surface area contributed by atoms with E-state index in [0.29, 0.717) is 17.9 Å². The summed E-state index contributed by atoms with van der Waals surface area (Å²) in [6, 6.07) is 6.77. The van der Waals surface area contributed by atoms with Crippen LogP contribution in [0, 0.1) is 3.14 Å². The van der Waals surface area contributed by atoms with E-state index >= 15 is 0 Å². The lowest BCUT2D eigenvalue weighted by molar-refractivity contribution is -0.131. The van der Waals surface area contributed by atoms with Crippen LogP contribution in [0.3, 0.4) is 0 Å². The third-order valence-electron chi connectivity index (χ3n) is 3.01. The lowest BCUT2D eigenvalue weighted by atomic mass is 10.2. The number of amides is 1. The highest BCUT2D eigenvalue weighted by molar-refractivity contribution is 8.08. The number of thioether (sulfide) groups is 2. The number of carbonyl (C=O) groups is 2. The summed E-state index contributed by atoms with van der Waals surface area (Å²) >= 11 is 12.1. The van der Waals surface area contributed by atoms with Gasteiger partial charge in [-0.05, 0) is 24.3 Å². The molecule has 0 spiro atoms. The number of nitrogens with one attached hydrogen (secondary N) is 1. The van der Waals surface area contributed by atoms with E-state index in [-0.39, 0.29) is 17.1 Å². The minimum atomic E-state index is -0.366. The van der Waals surface area contributed by atoms with Crippen molar-refractivity contribution in [2.24, 2.45) is 0 Å². The van der Waals surface area contributed by atoms with Crippen LogP contribution in [0.5, 0.6) is 5.75 Å². The van der Waals surface area contributed by atoms with Gasteiger partial charge in [-0.25, -0.2) is 0 Å². The maximum absolute atomic E-state index is 12.2. The SMILES string of the molecule is CC(=O)Oc1ccc(NC(=O)CC2CSc3sc(=S)sc3S2)cc1. The molecule has 1 amide bonds. The predicted octanol–water partition coefficient (Wildman–Crippen LogP) is 5.06. The number of benzene rings is 1. The van der Waals surface area contributed by atoms with E-state index < -0.39 is 0 Å². The van der Waals surface area contributed by atoms with Gasteiger partial charge in [-0.2, -0.15) is 0 Å². The zero-order valence-electron chi connectivity index (χ0n) is 12.6. The molecule has 1 aromatic carbocycles. The molecule has 9 heteroatoms. The summed E-state index contributed by atoms with van der Waals surface area (Å²) in [6.07, 6.45) is 0.456. The molecule has 0 saturated carbocycles. The first-order valence-electron chi connectivity index (χ1n) is 7.01. The van der Waals surface area contributed by atoms with E-state index in [0.717, 1.165) is 8.89 Å². The van der Waals surface area contributed by atoms with Crippen molar-refractivity contribution in [1.82, 2.24) is 0 Å². The number of anilines is 1. The molecule has 126 valence electrons. The molecule has 0 bridgehead atoms. The Hall–Kier alpha value is -0.870. The Morgan fingerprint density at radius 1 is 1.25 bits per heavy atom. The van der Waals surface area contributed by atoms with Crippen molar-refractivity contribution in [3.05, 3.63) is 27.4 Å². The topological polar surface area (TPSA) is 55.4 Å². The lowest BCUT2D eigenvalue weighted by Crippen LogP contribution is -2.20. The summed E-state index contributed by atoms with van der Waals surface area (Å²) in [6.45, 7) is 1.35. The van der Waals surface area contributed by atoms with Crippen LogP contribution in [0.4, 0.5) is 5.69 Å². The molecule has 1 N–H and O–H groups in total. The molecule has 1 aliphatic heterocycles. The van der Waals surface area contributed by atoms with E-state index in [1.54, 1.807) is 70.5 Å². The van der Waals surface area contributed by atoms with E-state index in [4.69, 9.17) is 17.0 Å². The highest BCUT2D eigenvalue weighted by Crippen LogP contribution is 2.48. The maximum atomic E-state index is 12.2. The standard InChI is InChI=1S/C15H13NO3S5/c1-8(17)19-10-4-2-9(3-5-10)16-12(18)6-11-7-21-13-14(22-11)24-15(20)23-13/h2-5,11H,6-7H2,1H3,(H,16,18). The van der Waals surface area contributed by atoms with Gasteiger partial charge in [0.25, 0.3) is 0 Å². The monoisotopic (exact) mass is 415 g/mol. The minimum Gasteiger partial charge on any atom is -0.427 e. The van der Waals surface area contributed by atoms with E-state index in [1.807, 2.05) is 0 Å². The van der Waals surface area contributed by atoms with Gasteiger partial charge >= 0.3 is 5.97 Å². The van der Waals surface area contributed by atoms with Gasteiger partial charge in [0.1, 0.15) is 8.89 Å². The molecule has 1 unspecified atom stereocenters. The summed E-state index contributed by atoms with van der Waals surface area (Å²) in [4.78, 5) is 23.1. The van der Waals surface area contributed by atoms with Crippen molar-refractivity contribution in [1.29, 1.82) is 0 Å². The van der Waals surface area contributed by atoms with Gasteiger partial charge in [0.15, 0.2) is 0 Å². The number of esters is 1. The van der Waals surface area contributed by atoms with Crippen molar-refractivity contribution in [3.8, 4) is 5.75 Å². The molecular weight excluding hydrogens is 403 g/mol. The highest BCUT2D eigenvalue weighted by atomic mass is 32.2. The quantitative estimate of drug-likeness (QED) is 0.428. The first kappa shape index (κ1) is 17.9. The van der Waals surface area contributed by atoms with Crippen molar-refractivity contribution < 1.29 is 14.3 Å². The molecule has 2 aromatic rings. The number of ether oxygens (including phenoxy) is 1. The van der Waals surface area contributed by atoms with Crippen LogP contribution >= 0.6 is 58.4 Å². The van der Waals surface area contributed by atoms with E-state index in [1.165, 1.54) is 15.3 Å². The van der Waals surface area contributed by atoms with Gasteiger partial charge < -0.3 is 10.1 Å². The Morgan fingerprint density at radius 2 is 1.96 bits per heavy atom. The summed E-state index contributed by atoms with van der Waals surface area (Å²) in [5, 5.41) is 3.14. The molecule has 1 aromatic heterocycles. The van der Waals surface area contributed by atoms with Crippen molar-refractivity contribution in [2.45, 2.75) is 27.0 Å². The lowest BCUT2D eigenvalue weighted by Gasteiger charge is -2.19. The number of fused-ring (bicyclic) bond motifs is 1. The highest BCUT2D eigenvalue weighted by Gasteiger charge is 2.24. The number of hydrogen-bond acceptors (Lipinski definition) is 8. The Morgan fingerprint density at radius 3 is 2.67 bits per heavy atom.